The molecule has 0 saturated carbocycles. The number of hydrogen-bond donors (Lipinski definition) is 0. The van der Waals surface area contributed by atoms with E-state index in [1.54, 1.807) is 31.1 Å². The van der Waals surface area contributed by atoms with E-state index in [4.69, 9.17) is 0 Å². The fraction of sp³-hybridized carbons (Fsp3) is 1.00. The normalized spacial score (nSPS) is 11.2. The molecule has 1 atom stereocenters. The molecule has 0 rings (SSSR count). The molecule has 0 aromatic rings. The fourth-order valence-electron chi connectivity index (χ4n) is 4.79. The highest BCUT2D eigenvalue weighted by atomic mass is 35.5. The Morgan fingerprint density at radius 3 is 0.839 bits per heavy atom. The summed E-state index contributed by atoms with van der Waals surface area (Å²) < 4.78 is 0. The van der Waals surface area contributed by atoms with Gasteiger partial charge in [0.25, 0.3) is 0 Å². The van der Waals surface area contributed by atoms with Gasteiger partial charge < -0.3 is 0 Å². The molecule has 0 heterocycles. The molecular weight excluding hydrogens is 434 g/mol. The molecule has 0 aliphatic rings. The first-order chi connectivity index (χ1) is 14.2. The minimum atomic E-state index is -0.630. The molecule has 0 radical (unpaired) electrons. The van der Waals surface area contributed by atoms with E-state index in [9.17, 15) is 0 Å². The molecule has 0 aromatic carbocycles. The lowest BCUT2D eigenvalue weighted by Crippen LogP contribution is -2.13. The Kier molecular flexibility index (Phi) is 34.6. The molecule has 0 bridgehead atoms. The Balaban J connectivity index is -0.00000392. The highest BCUT2D eigenvalue weighted by molar-refractivity contribution is 7.75. The predicted molar refractivity (Wildman–Crippen MR) is 160 cm³/mol. The summed E-state index contributed by atoms with van der Waals surface area (Å²) in [5.41, 5.74) is 0. The van der Waals surface area contributed by atoms with Gasteiger partial charge in [0.2, 0.25) is 0 Å². The van der Waals surface area contributed by atoms with Crippen molar-refractivity contribution in [1.82, 2.24) is 0 Å². The molecule has 0 aromatic heterocycles. The van der Waals surface area contributed by atoms with E-state index in [1.807, 2.05) is 0 Å². The average Bonchev–Trinajstić information content (AvgIpc) is 2.74. The molecule has 0 aliphatic carbocycles. The van der Waals surface area contributed by atoms with Crippen LogP contribution in [-0.4, -0.2) is 24.6 Å². The fourth-order valence-corrected chi connectivity index (χ4v) is 9.99. The molecule has 0 fully saturated rings. The van der Waals surface area contributed by atoms with Crippen LogP contribution in [0.5, 0.6) is 0 Å². The molecule has 31 heavy (non-hydrogen) atoms. The zero-order valence-corrected chi connectivity index (χ0v) is 25.7. The standard InChI is InChI=1S/C28H60P.ClH.H3P/c1-5-9-13-14-15-16-17-18-19-20-21-22-23-24-28-29(25-10-6-2,26-11-7-3)27-12-8-4;;/h5-28H2,1-4H3;1H;1H3/q+1;;. The van der Waals surface area contributed by atoms with Gasteiger partial charge in [-0.3, -0.25) is 0 Å². The highest BCUT2D eigenvalue weighted by Gasteiger charge is 2.34. The summed E-state index contributed by atoms with van der Waals surface area (Å²) in [5, 5.41) is 0. The minimum absolute atomic E-state index is 0. The van der Waals surface area contributed by atoms with Crippen LogP contribution >= 0.6 is 29.6 Å². The van der Waals surface area contributed by atoms with Gasteiger partial charge in [-0.05, 0) is 32.1 Å². The summed E-state index contributed by atoms with van der Waals surface area (Å²) >= 11 is 0. The molecular formula is C28H64ClP2+. The smallest absolute Gasteiger partial charge is 0.0594 e. The minimum Gasteiger partial charge on any atom is -0.153 e. The van der Waals surface area contributed by atoms with Gasteiger partial charge in [0.05, 0.1) is 24.6 Å². The van der Waals surface area contributed by atoms with Crippen molar-refractivity contribution < 1.29 is 0 Å². The van der Waals surface area contributed by atoms with E-state index in [2.05, 4.69) is 27.7 Å². The largest absolute Gasteiger partial charge is 0.153 e. The lowest BCUT2D eigenvalue weighted by molar-refractivity contribution is 0.538. The average molecular weight is 498 g/mol. The molecule has 0 N–H and O–H groups in total. The third-order valence-corrected chi connectivity index (χ3v) is 12.0. The van der Waals surface area contributed by atoms with Crippen LogP contribution in [0.1, 0.15) is 156 Å². The number of halogens is 1. The summed E-state index contributed by atoms with van der Waals surface area (Å²) in [6, 6.07) is 0. The zero-order chi connectivity index (χ0) is 21.5. The van der Waals surface area contributed by atoms with Gasteiger partial charge in [0.1, 0.15) is 0 Å². The first-order valence-electron chi connectivity index (χ1n) is 14.1. The lowest BCUT2D eigenvalue weighted by Gasteiger charge is -2.28. The summed E-state index contributed by atoms with van der Waals surface area (Å²) in [6.45, 7) is 9.48. The second-order valence-electron chi connectivity index (χ2n) is 9.89. The van der Waals surface area contributed by atoms with Crippen molar-refractivity contribution in [2.45, 2.75) is 156 Å². The maximum absolute atomic E-state index is 2.39. The Morgan fingerprint density at radius 2 is 0.548 bits per heavy atom. The van der Waals surface area contributed by atoms with Crippen LogP contribution < -0.4 is 0 Å². The third-order valence-electron chi connectivity index (χ3n) is 6.94. The van der Waals surface area contributed by atoms with E-state index in [0.717, 1.165) is 0 Å². The van der Waals surface area contributed by atoms with Gasteiger partial charge in [-0.25, -0.2) is 0 Å². The molecule has 0 amide bonds. The van der Waals surface area contributed by atoms with Gasteiger partial charge in [-0.1, -0.05) is 124 Å². The molecule has 0 aliphatic heterocycles. The summed E-state index contributed by atoms with van der Waals surface area (Å²) in [4.78, 5) is 0. The summed E-state index contributed by atoms with van der Waals surface area (Å²) in [6.07, 6.45) is 36.0. The van der Waals surface area contributed by atoms with Crippen LogP contribution in [0.15, 0.2) is 0 Å². The van der Waals surface area contributed by atoms with Crippen LogP contribution in [0, 0.1) is 0 Å². The van der Waals surface area contributed by atoms with E-state index in [1.165, 1.54) is 122 Å². The SMILES string of the molecule is CCCCCCCCCCCCCCCC[P+](CCCC)(CCCC)CCCC.Cl.P. The Labute approximate surface area is 210 Å². The summed E-state index contributed by atoms with van der Waals surface area (Å²) in [5.74, 6) is 0. The van der Waals surface area contributed by atoms with Crippen LogP contribution in [0.25, 0.3) is 0 Å². The highest BCUT2D eigenvalue weighted by Crippen LogP contribution is 2.61. The van der Waals surface area contributed by atoms with Gasteiger partial charge in [-0.2, -0.15) is 9.90 Å². The first-order valence-corrected chi connectivity index (χ1v) is 16.6. The van der Waals surface area contributed by atoms with E-state index in [0.29, 0.717) is 0 Å². The Hall–Kier alpha value is 1.15. The van der Waals surface area contributed by atoms with Gasteiger partial charge in [0, 0.05) is 7.26 Å². The third kappa shape index (κ3) is 24.1. The van der Waals surface area contributed by atoms with Crippen molar-refractivity contribution in [2.24, 2.45) is 0 Å². The molecule has 0 nitrogen and oxygen atoms in total. The van der Waals surface area contributed by atoms with Gasteiger partial charge in [0.15, 0.2) is 0 Å². The maximum Gasteiger partial charge on any atom is 0.0594 e. The van der Waals surface area contributed by atoms with E-state index >= 15 is 0 Å². The van der Waals surface area contributed by atoms with E-state index < -0.39 is 7.26 Å². The quantitative estimate of drug-likeness (QED) is 0.0918. The number of hydrogen-bond acceptors (Lipinski definition) is 0. The van der Waals surface area contributed by atoms with Crippen molar-refractivity contribution in [3.8, 4) is 0 Å². The van der Waals surface area contributed by atoms with Gasteiger partial charge >= 0.3 is 0 Å². The topological polar surface area (TPSA) is 0 Å². The maximum atomic E-state index is 2.39. The molecule has 0 spiro atoms. The number of rotatable bonds is 24. The summed E-state index contributed by atoms with van der Waals surface area (Å²) in [7, 11) is -0.630. The van der Waals surface area contributed by atoms with Crippen molar-refractivity contribution >= 4 is 29.6 Å². The predicted octanol–water partition coefficient (Wildman–Crippen LogP) is 11.4. The number of unbranched alkanes of at least 4 members (excludes halogenated alkanes) is 16. The lowest BCUT2D eigenvalue weighted by atomic mass is 10.0. The zero-order valence-electron chi connectivity index (χ0n) is 22.5. The van der Waals surface area contributed by atoms with E-state index in [-0.39, 0.29) is 22.3 Å². The van der Waals surface area contributed by atoms with Gasteiger partial charge in [-0.15, -0.1) is 12.4 Å². The molecule has 1 unspecified atom stereocenters. The van der Waals surface area contributed by atoms with Crippen molar-refractivity contribution in [1.29, 1.82) is 0 Å². The van der Waals surface area contributed by atoms with Crippen molar-refractivity contribution in [3.63, 3.8) is 0 Å². The van der Waals surface area contributed by atoms with Crippen LogP contribution in [-0.2, 0) is 0 Å². The Bertz CT molecular complexity index is 288. The first kappa shape index (κ1) is 36.7. The Morgan fingerprint density at radius 1 is 0.323 bits per heavy atom. The molecule has 3 heteroatoms. The molecule has 0 saturated heterocycles. The van der Waals surface area contributed by atoms with Crippen LogP contribution in [0.4, 0.5) is 0 Å². The second kappa shape index (κ2) is 29.2. The van der Waals surface area contributed by atoms with Crippen LogP contribution in [0.3, 0.4) is 0 Å². The van der Waals surface area contributed by atoms with Crippen molar-refractivity contribution in [2.75, 3.05) is 24.6 Å². The van der Waals surface area contributed by atoms with Crippen LogP contribution in [0.2, 0.25) is 0 Å². The molecule has 192 valence electrons. The van der Waals surface area contributed by atoms with Crippen molar-refractivity contribution in [3.05, 3.63) is 0 Å². The monoisotopic (exact) mass is 497 g/mol. The second-order valence-corrected chi connectivity index (χ2v) is 14.4.